The fraction of sp³-hybridized carbons (Fsp3) is 0.864. The Morgan fingerprint density at radius 2 is 1.45 bits per heavy atom. The number of alkyl halides is 3. The zero-order valence-corrected chi connectivity index (χ0v) is 20.8. The van der Waals surface area contributed by atoms with Crippen molar-refractivity contribution in [2.75, 3.05) is 13.2 Å². The molecule has 0 aromatic carbocycles. The number of thiocarbonyl (C=S) groups is 1. The molecule has 0 rings (SSSR count). The van der Waals surface area contributed by atoms with Crippen LogP contribution in [0.25, 0.3) is 0 Å². The van der Waals surface area contributed by atoms with E-state index in [1.54, 1.807) is 0 Å². The van der Waals surface area contributed by atoms with Crippen LogP contribution >= 0.6 is 24.0 Å². The van der Waals surface area contributed by atoms with Crippen LogP contribution in [0.4, 0.5) is 13.2 Å². The fourth-order valence-electron chi connectivity index (χ4n) is 2.72. The van der Waals surface area contributed by atoms with Gasteiger partial charge in [-0.15, -0.1) is 0 Å². The maximum atomic E-state index is 12.5. The summed E-state index contributed by atoms with van der Waals surface area (Å²) >= 11 is 6.51. The highest BCUT2D eigenvalue weighted by Crippen LogP contribution is 2.28. The van der Waals surface area contributed by atoms with Crippen molar-refractivity contribution < 1.29 is 32.2 Å². The molecule has 0 spiro atoms. The van der Waals surface area contributed by atoms with Gasteiger partial charge in [0, 0.05) is 18.6 Å². The Balaban J connectivity index is 4.25. The molecule has 0 saturated carbocycles. The van der Waals surface area contributed by atoms with E-state index in [2.05, 4.69) is 0 Å². The van der Waals surface area contributed by atoms with Crippen LogP contribution in [0.15, 0.2) is 0 Å². The molecule has 0 aliphatic heterocycles. The smallest absolute Gasteiger partial charge is 0.449 e. The van der Waals surface area contributed by atoms with E-state index in [1.165, 1.54) is 18.7 Å². The van der Waals surface area contributed by atoms with Crippen LogP contribution in [0.5, 0.6) is 0 Å². The number of esters is 1. The van der Waals surface area contributed by atoms with Gasteiger partial charge in [-0.2, -0.15) is 13.2 Å². The molecule has 1 unspecified atom stereocenters. The summed E-state index contributed by atoms with van der Waals surface area (Å²) in [6.45, 7) is 8.32. The van der Waals surface area contributed by atoms with Crippen molar-refractivity contribution in [3.8, 4) is 0 Å². The Kier molecular flexibility index (Phi) is 15.5. The van der Waals surface area contributed by atoms with Crippen LogP contribution < -0.4 is 0 Å². The summed E-state index contributed by atoms with van der Waals surface area (Å²) in [5.74, 6) is -1.94. The lowest BCUT2D eigenvalue weighted by Gasteiger charge is -2.21. The molecule has 0 heterocycles. The summed E-state index contributed by atoms with van der Waals surface area (Å²) < 4.78 is 48.4. The summed E-state index contributed by atoms with van der Waals surface area (Å²) in [4.78, 5) is 21.9. The van der Waals surface area contributed by atoms with Gasteiger partial charge in [-0.25, -0.2) is 0 Å². The number of unbranched alkanes of at least 4 members (excludes halogenated alkanes) is 6. The van der Waals surface area contributed by atoms with Gasteiger partial charge in [0.2, 0.25) is 10.2 Å². The minimum Gasteiger partial charge on any atom is -0.478 e. The van der Waals surface area contributed by atoms with Crippen LogP contribution in [-0.4, -0.2) is 40.8 Å². The summed E-state index contributed by atoms with van der Waals surface area (Å²) in [6.07, 6.45) is 2.40. The average molecular weight is 487 g/mol. The molecule has 0 bridgehead atoms. The zero-order valence-electron chi connectivity index (χ0n) is 19.1. The Bertz CT molecular complexity index is 546. The third kappa shape index (κ3) is 19.6. The summed E-state index contributed by atoms with van der Waals surface area (Å²) in [6, 6.07) is 0. The van der Waals surface area contributed by atoms with E-state index < -0.39 is 18.4 Å². The van der Waals surface area contributed by atoms with Gasteiger partial charge in [0.05, 0.1) is 13.2 Å². The third-order valence-corrected chi connectivity index (χ3v) is 5.89. The van der Waals surface area contributed by atoms with E-state index >= 15 is 0 Å². The van der Waals surface area contributed by atoms with Crippen molar-refractivity contribution in [3.05, 3.63) is 0 Å². The molecular weight excluding hydrogens is 449 g/mol. The number of thioether (sulfide) groups is 1. The number of carbonyl (C=O) groups is 2. The molecule has 9 heteroatoms. The standard InChI is InChI=1S/C22H37F3O4S2/c1-17(26)28-15-11-9-7-5-6-8-10-12-18(13-14-19(27)22(23,24)25)31-20(30)29-16-21(2,3)4/h18H,5-16H2,1-4H3. The molecule has 0 aromatic rings. The molecule has 0 aromatic heterocycles. The van der Waals surface area contributed by atoms with E-state index in [0.717, 1.165) is 44.9 Å². The van der Waals surface area contributed by atoms with Crippen molar-refractivity contribution in [2.24, 2.45) is 5.41 Å². The predicted octanol–water partition coefficient (Wildman–Crippen LogP) is 7.03. The number of halogens is 3. The lowest BCUT2D eigenvalue weighted by Crippen LogP contribution is -2.24. The second-order valence-corrected chi connectivity index (χ2v) is 10.8. The van der Waals surface area contributed by atoms with Crippen molar-refractivity contribution in [3.63, 3.8) is 0 Å². The first-order valence-corrected chi connectivity index (χ1v) is 12.2. The molecule has 0 amide bonds. The maximum absolute atomic E-state index is 12.5. The first kappa shape index (κ1) is 30.2. The Hall–Kier alpha value is -0.830. The number of ketones is 1. The van der Waals surface area contributed by atoms with E-state index in [0.29, 0.717) is 24.0 Å². The number of rotatable bonds is 15. The Morgan fingerprint density at radius 3 is 1.97 bits per heavy atom. The van der Waals surface area contributed by atoms with Crippen molar-refractivity contribution in [2.45, 2.75) is 103 Å². The van der Waals surface area contributed by atoms with Crippen LogP contribution in [0, 0.1) is 5.41 Å². The van der Waals surface area contributed by atoms with Crippen molar-refractivity contribution in [1.82, 2.24) is 0 Å². The molecule has 1 atom stereocenters. The summed E-state index contributed by atoms with van der Waals surface area (Å²) in [7, 11) is 0. The highest BCUT2D eigenvalue weighted by atomic mass is 32.2. The van der Waals surface area contributed by atoms with Gasteiger partial charge in [-0.3, -0.25) is 9.59 Å². The predicted molar refractivity (Wildman–Crippen MR) is 123 cm³/mol. The molecule has 0 N–H and O–H groups in total. The van der Waals surface area contributed by atoms with Gasteiger partial charge in [0.15, 0.2) is 0 Å². The second kappa shape index (κ2) is 15.9. The quantitative estimate of drug-likeness (QED) is 0.141. The molecule has 31 heavy (non-hydrogen) atoms. The van der Waals surface area contributed by atoms with Crippen LogP contribution in [0.1, 0.15) is 91.9 Å². The van der Waals surface area contributed by atoms with Crippen molar-refractivity contribution in [1.29, 1.82) is 0 Å². The molecule has 0 saturated heterocycles. The van der Waals surface area contributed by atoms with E-state index in [-0.39, 0.29) is 23.1 Å². The minimum absolute atomic E-state index is 0.0649. The first-order valence-electron chi connectivity index (χ1n) is 10.9. The third-order valence-electron chi connectivity index (χ3n) is 4.37. The van der Waals surface area contributed by atoms with E-state index in [1.807, 2.05) is 20.8 Å². The lowest BCUT2D eigenvalue weighted by atomic mass is 9.99. The molecule has 0 aliphatic carbocycles. The SMILES string of the molecule is CC(=O)OCCCCCCCCCC(CCC(=O)C(F)(F)F)SC(=S)OCC(C)(C)C. The van der Waals surface area contributed by atoms with Gasteiger partial charge in [-0.1, -0.05) is 71.1 Å². The summed E-state index contributed by atoms with van der Waals surface area (Å²) in [5.41, 5.74) is -0.0649. The maximum Gasteiger partial charge on any atom is 0.449 e. The van der Waals surface area contributed by atoms with Gasteiger partial charge in [-0.05, 0) is 36.9 Å². The van der Waals surface area contributed by atoms with Gasteiger partial charge >= 0.3 is 12.1 Å². The van der Waals surface area contributed by atoms with Crippen LogP contribution in [0.2, 0.25) is 0 Å². The number of hydrogen-bond donors (Lipinski definition) is 0. The van der Waals surface area contributed by atoms with Gasteiger partial charge in [0.1, 0.15) is 0 Å². The Labute approximate surface area is 194 Å². The largest absolute Gasteiger partial charge is 0.478 e. The number of carbonyl (C=O) groups excluding carboxylic acids is 2. The molecule has 4 nitrogen and oxygen atoms in total. The molecule has 0 radical (unpaired) electrons. The van der Waals surface area contributed by atoms with Gasteiger partial charge in [0.25, 0.3) is 0 Å². The lowest BCUT2D eigenvalue weighted by molar-refractivity contribution is -0.171. The number of hydrogen-bond acceptors (Lipinski definition) is 6. The highest BCUT2D eigenvalue weighted by Gasteiger charge is 2.37. The van der Waals surface area contributed by atoms with Gasteiger partial charge < -0.3 is 9.47 Å². The Morgan fingerprint density at radius 1 is 0.903 bits per heavy atom. The first-order chi connectivity index (χ1) is 14.3. The summed E-state index contributed by atoms with van der Waals surface area (Å²) in [5, 5.41) is -0.164. The van der Waals surface area contributed by atoms with E-state index in [9.17, 15) is 22.8 Å². The minimum atomic E-state index is -4.78. The van der Waals surface area contributed by atoms with Crippen LogP contribution in [-0.2, 0) is 19.1 Å². The molecule has 0 aliphatic rings. The van der Waals surface area contributed by atoms with E-state index in [4.69, 9.17) is 21.7 Å². The molecule has 182 valence electrons. The molecule has 0 fully saturated rings. The normalized spacial score (nSPS) is 13.0. The number of Topliss-reactive ketones (excluding diaryl/α,β-unsaturated/α-hetero) is 1. The fourth-order valence-corrected chi connectivity index (χ4v) is 4.10. The zero-order chi connectivity index (χ0) is 23.9. The molecular formula is C22H37F3O4S2. The number of ether oxygens (including phenoxy) is 2. The topological polar surface area (TPSA) is 52.6 Å². The monoisotopic (exact) mass is 486 g/mol. The highest BCUT2D eigenvalue weighted by molar-refractivity contribution is 8.23. The second-order valence-electron chi connectivity index (χ2n) is 8.90. The van der Waals surface area contributed by atoms with Crippen LogP contribution in [0.3, 0.4) is 0 Å². The van der Waals surface area contributed by atoms with Crippen molar-refractivity contribution >= 4 is 40.1 Å². The average Bonchev–Trinajstić information content (AvgIpc) is 2.63.